The molecule has 1 heteroatoms. The third-order valence-corrected chi connectivity index (χ3v) is 10.8. The van der Waals surface area contributed by atoms with Crippen LogP contribution in [0.5, 0.6) is 0 Å². The number of hydrogen-bond donors (Lipinski definition) is 0. The van der Waals surface area contributed by atoms with E-state index in [1.165, 1.54) is 92.1 Å². The summed E-state index contributed by atoms with van der Waals surface area (Å²) >= 11 is 0. The SMILES string of the molecule is Bc1c2ccccc2c(-c2ccc3c(c2)-c2c(ccc4ccccc24)C2CC4CC(CC3C4)C2)c2ccccc12. The summed E-state index contributed by atoms with van der Waals surface area (Å²) in [6.07, 6.45) is 6.91. The highest BCUT2D eigenvalue weighted by Gasteiger charge is 2.40. The van der Waals surface area contributed by atoms with Gasteiger partial charge in [-0.2, -0.15) is 0 Å². The highest BCUT2D eigenvalue weighted by molar-refractivity contribution is 6.46. The first-order valence-electron chi connectivity index (χ1n) is 15.3. The molecule has 0 nitrogen and oxygen atoms in total. The van der Waals surface area contributed by atoms with Crippen molar-refractivity contribution in [2.45, 2.75) is 43.9 Å². The molecule has 192 valence electrons. The Bertz CT molecular complexity index is 1910. The van der Waals surface area contributed by atoms with Crippen LogP contribution in [0.25, 0.3) is 54.6 Å². The normalized spacial score (nSPS) is 23.1. The van der Waals surface area contributed by atoms with Gasteiger partial charge in [0.15, 0.2) is 0 Å². The predicted molar refractivity (Wildman–Crippen MR) is 174 cm³/mol. The fraction of sp³-hybridized carbons (Fsp3) is 0.231. The van der Waals surface area contributed by atoms with Crippen LogP contribution >= 0.6 is 0 Å². The molecule has 0 saturated heterocycles. The molecule has 4 aliphatic carbocycles. The number of hydrogen-bond acceptors (Lipinski definition) is 0. The minimum absolute atomic E-state index is 0.671. The molecule has 6 aromatic rings. The lowest BCUT2D eigenvalue weighted by atomic mass is 9.63. The van der Waals surface area contributed by atoms with E-state index < -0.39 is 0 Å². The molecule has 0 aromatic heterocycles. The van der Waals surface area contributed by atoms with Crippen molar-refractivity contribution >= 4 is 45.6 Å². The average Bonchev–Trinajstić information content (AvgIpc) is 3.05. The van der Waals surface area contributed by atoms with Crippen LogP contribution in [0.3, 0.4) is 0 Å². The largest absolute Gasteiger partial charge is 0.140 e. The fourth-order valence-electron chi connectivity index (χ4n) is 9.23. The first-order chi connectivity index (χ1) is 19.7. The van der Waals surface area contributed by atoms with Gasteiger partial charge in [-0.1, -0.05) is 103 Å². The van der Waals surface area contributed by atoms with Crippen molar-refractivity contribution in [1.82, 2.24) is 0 Å². The van der Waals surface area contributed by atoms with E-state index in [2.05, 4.69) is 111 Å². The Balaban J connectivity index is 1.40. The zero-order valence-corrected chi connectivity index (χ0v) is 23.2. The monoisotopic (exact) mass is 512 g/mol. The van der Waals surface area contributed by atoms with Gasteiger partial charge in [-0.25, -0.2) is 0 Å². The Kier molecular flexibility index (Phi) is 4.92. The van der Waals surface area contributed by atoms with Gasteiger partial charge in [0, 0.05) is 0 Å². The van der Waals surface area contributed by atoms with Crippen LogP contribution in [-0.2, 0) is 0 Å². The highest BCUT2D eigenvalue weighted by Crippen LogP contribution is 2.56. The zero-order valence-electron chi connectivity index (χ0n) is 23.2. The third-order valence-electron chi connectivity index (χ3n) is 10.8. The molecule has 0 spiro atoms. The Morgan fingerprint density at radius 2 is 1.02 bits per heavy atom. The molecular weight excluding hydrogens is 479 g/mol. The van der Waals surface area contributed by atoms with E-state index in [-0.39, 0.29) is 0 Å². The van der Waals surface area contributed by atoms with E-state index in [4.69, 9.17) is 0 Å². The number of benzene rings is 6. The summed E-state index contributed by atoms with van der Waals surface area (Å²) in [6.45, 7) is 0. The lowest BCUT2D eigenvalue weighted by Gasteiger charge is -2.42. The topological polar surface area (TPSA) is 0 Å². The summed E-state index contributed by atoms with van der Waals surface area (Å²) < 4.78 is 0. The molecule has 2 atom stereocenters. The molecule has 40 heavy (non-hydrogen) atoms. The second-order valence-electron chi connectivity index (χ2n) is 12.9. The minimum Gasteiger partial charge on any atom is -0.0735 e. The number of fused-ring (bicyclic) bond motifs is 3. The maximum Gasteiger partial charge on any atom is 0.140 e. The van der Waals surface area contributed by atoms with Gasteiger partial charge in [0.1, 0.15) is 7.85 Å². The van der Waals surface area contributed by atoms with Crippen molar-refractivity contribution in [3.05, 3.63) is 114 Å². The second kappa shape index (κ2) is 8.58. The number of rotatable bonds is 1. The van der Waals surface area contributed by atoms with Crippen LogP contribution in [0.4, 0.5) is 0 Å². The molecular formula is C39H33B. The molecule has 0 amide bonds. The van der Waals surface area contributed by atoms with E-state index in [1.54, 1.807) is 11.1 Å². The van der Waals surface area contributed by atoms with Gasteiger partial charge in [0.2, 0.25) is 0 Å². The Labute approximate surface area is 237 Å². The lowest BCUT2D eigenvalue weighted by Crippen LogP contribution is -2.29. The van der Waals surface area contributed by atoms with Crippen molar-refractivity contribution in [2.24, 2.45) is 11.8 Å². The van der Waals surface area contributed by atoms with E-state index in [0.717, 1.165) is 11.8 Å². The van der Waals surface area contributed by atoms with Crippen LogP contribution in [0.1, 0.15) is 55.1 Å². The van der Waals surface area contributed by atoms with E-state index in [0.29, 0.717) is 11.8 Å². The van der Waals surface area contributed by atoms with Gasteiger partial charge >= 0.3 is 0 Å². The van der Waals surface area contributed by atoms with Crippen molar-refractivity contribution in [1.29, 1.82) is 0 Å². The van der Waals surface area contributed by atoms with E-state index in [9.17, 15) is 0 Å². The quantitative estimate of drug-likeness (QED) is 0.152. The molecule has 2 unspecified atom stereocenters. The first kappa shape index (κ1) is 22.9. The predicted octanol–water partition coefficient (Wildman–Crippen LogP) is 9.13. The van der Waals surface area contributed by atoms with Crippen LogP contribution in [0.2, 0.25) is 0 Å². The highest BCUT2D eigenvalue weighted by atomic mass is 14.4. The summed E-state index contributed by atoms with van der Waals surface area (Å²) in [7, 11) is 2.28. The molecule has 2 saturated carbocycles. The Hall–Kier alpha value is -3.84. The molecule has 0 radical (unpaired) electrons. The van der Waals surface area contributed by atoms with Crippen LogP contribution in [-0.4, -0.2) is 7.85 Å². The molecule has 0 heterocycles. The van der Waals surface area contributed by atoms with Gasteiger partial charge in [0.25, 0.3) is 0 Å². The maximum absolute atomic E-state index is 2.59. The van der Waals surface area contributed by atoms with Crippen molar-refractivity contribution < 1.29 is 0 Å². The molecule has 2 fully saturated rings. The summed E-state index contributed by atoms with van der Waals surface area (Å²) in [5, 5.41) is 8.24. The summed E-state index contributed by atoms with van der Waals surface area (Å²) in [4.78, 5) is 0. The lowest BCUT2D eigenvalue weighted by molar-refractivity contribution is 0.153. The average molecular weight is 513 g/mol. The smallest absolute Gasteiger partial charge is 0.0735 e. The molecule has 0 aliphatic heterocycles. The van der Waals surface area contributed by atoms with Crippen molar-refractivity contribution in [3.8, 4) is 22.3 Å². The fourth-order valence-corrected chi connectivity index (χ4v) is 9.23. The standard InChI is InChI=1S/C39H33B/c40-39-34-11-5-3-9-32(34)37(33-10-4-6-12-35(33)39)26-14-15-29-27-18-23-17-24(19-27)21-28(20-23)31-16-13-25-7-1-2-8-30(25)38(31)36(29)22-26/h1-16,22-24,27-28H,17-21,40H2. The first-order valence-corrected chi connectivity index (χ1v) is 15.3. The summed E-state index contributed by atoms with van der Waals surface area (Å²) in [5.41, 5.74) is 10.3. The van der Waals surface area contributed by atoms with Gasteiger partial charge in [-0.15, -0.1) is 0 Å². The molecule has 6 aromatic carbocycles. The third kappa shape index (κ3) is 3.27. The Morgan fingerprint density at radius 3 is 1.70 bits per heavy atom. The van der Waals surface area contributed by atoms with Crippen molar-refractivity contribution in [3.63, 3.8) is 0 Å². The van der Waals surface area contributed by atoms with E-state index >= 15 is 0 Å². The van der Waals surface area contributed by atoms with Gasteiger partial charge in [-0.3, -0.25) is 0 Å². The molecule has 4 aliphatic rings. The van der Waals surface area contributed by atoms with Gasteiger partial charge in [-0.05, 0) is 128 Å². The van der Waals surface area contributed by atoms with E-state index in [1.807, 2.05) is 0 Å². The van der Waals surface area contributed by atoms with Gasteiger partial charge in [0.05, 0.1) is 0 Å². The maximum atomic E-state index is 2.59. The van der Waals surface area contributed by atoms with Gasteiger partial charge < -0.3 is 0 Å². The van der Waals surface area contributed by atoms with Crippen LogP contribution < -0.4 is 5.46 Å². The molecule has 4 bridgehead atoms. The second-order valence-corrected chi connectivity index (χ2v) is 12.9. The molecule has 10 rings (SSSR count). The minimum atomic E-state index is 0.671. The van der Waals surface area contributed by atoms with Crippen LogP contribution in [0.15, 0.2) is 103 Å². The Morgan fingerprint density at radius 1 is 0.475 bits per heavy atom. The van der Waals surface area contributed by atoms with Crippen molar-refractivity contribution in [2.75, 3.05) is 0 Å². The summed E-state index contributed by atoms with van der Waals surface area (Å²) in [5.74, 6) is 3.10. The molecule has 0 N–H and O–H groups in total. The summed E-state index contributed by atoms with van der Waals surface area (Å²) in [6, 6.07) is 39.6. The van der Waals surface area contributed by atoms with Crippen LogP contribution in [0, 0.1) is 11.8 Å². The zero-order chi connectivity index (χ0) is 26.4.